The van der Waals surface area contributed by atoms with E-state index in [1.165, 1.54) is 10.8 Å². The van der Waals surface area contributed by atoms with Gasteiger partial charge in [-0.05, 0) is 56.8 Å². The predicted molar refractivity (Wildman–Crippen MR) is 156 cm³/mol. The molecular formula is C34H28N2. The lowest BCUT2D eigenvalue weighted by atomic mass is 9.86. The summed E-state index contributed by atoms with van der Waals surface area (Å²) in [6.45, 7) is 0. The third-order valence-electron chi connectivity index (χ3n) is 6.24. The van der Waals surface area contributed by atoms with Crippen molar-refractivity contribution < 1.29 is 0 Å². The van der Waals surface area contributed by atoms with Crippen LogP contribution in [-0.4, -0.2) is 0 Å². The van der Waals surface area contributed by atoms with E-state index in [0.717, 1.165) is 44.8 Å². The standard InChI is InChI=1S/C24H20N2.C10H8/c25-20-13-11-17(12-14-20)21-15-16-22(26)24(19-9-5-2-6-10-19)23(21)18-7-3-1-4-8-18;1-2-6-10-8-4-3-7-9(10)5-1/h1-16H,25-26H2;1-8H. The second kappa shape index (κ2) is 10.6. The first kappa shape index (κ1) is 22.9. The van der Waals surface area contributed by atoms with Gasteiger partial charge in [0.25, 0.3) is 0 Å². The lowest BCUT2D eigenvalue weighted by Gasteiger charge is -2.18. The second-order valence-corrected chi connectivity index (χ2v) is 8.65. The molecule has 0 saturated carbocycles. The van der Waals surface area contributed by atoms with Gasteiger partial charge in [-0.1, -0.05) is 127 Å². The summed E-state index contributed by atoms with van der Waals surface area (Å²) in [5.74, 6) is 0. The Balaban J connectivity index is 0.000000222. The van der Waals surface area contributed by atoms with Crippen LogP contribution in [0.3, 0.4) is 0 Å². The summed E-state index contributed by atoms with van der Waals surface area (Å²) in [7, 11) is 0. The highest BCUT2D eigenvalue weighted by Gasteiger charge is 2.16. The Kier molecular flexibility index (Phi) is 6.77. The van der Waals surface area contributed by atoms with E-state index in [9.17, 15) is 0 Å². The maximum absolute atomic E-state index is 6.44. The smallest absolute Gasteiger partial charge is 0.0400 e. The Morgan fingerprint density at radius 3 is 1.28 bits per heavy atom. The van der Waals surface area contributed by atoms with Gasteiger partial charge in [0.15, 0.2) is 0 Å². The Morgan fingerprint density at radius 2 is 0.778 bits per heavy atom. The molecule has 0 bridgehead atoms. The largest absolute Gasteiger partial charge is 0.399 e. The Labute approximate surface area is 212 Å². The maximum atomic E-state index is 6.44. The van der Waals surface area contributed by atoms with E-state index in [1.54, 1.807) is 0 Å². The van der Waals surface area contributed by atoms with Crippen LogP contribution >= 0.6 is 0 Å². The van der Waals surface area contributed by atoms with Gasteiger partial charge in [-0.2, -0.15) is 0 Å². The van der Waals surface area contributed by atoms with E-state index in [2.05, 4.69) is 103 Å². The number of benzene rings is 6. The van der Waals surface area contributed by atoms with Gasteiger partial charge in [0.1, 0.15) is 0 Å². The SMILES string of the molecule is Nc1ccc(-c2ccc(N)c(-c3ccccc3)c2-c2ccccc2)cc1.c1ccc2ccccc2c1. The Morgan fingerprint density at radius 1 is 0.333 bits per heavy atom. The van der Waals surface area contributed by atoms with Gasteiger partial charge in [-0.15, -0.1) is 0 Å². The molecule has 0 spiro atoms. The molecule has 174 valence electrons. The van der Waals surface area contributed by atoms with Crippen LogP contribution in [0.5, 0.6) is 0 Å². The number of hydrogen-bond donors (Lipinski definition) is 2. The predicted octanol–water partition coefficient (Wildman–Crippen LogP) is 8.69. The second-order valence-electron chi connectivity index (χ2n) is 8.65. The van der Waals surface area contributed by atoms with Crippen molar-refractivity contribution in [2.24, 2.45) is 0 Å². The van der Waals surface area contributed by atoms with Gasteiger partial charge in [0.2, 0.25) is 0 Å². The minimum absolute atomic E-state index is 0.758. The summed E-state index contributed by atoms with van der Waals surface area (Å²) in [6.07, 6.45) is 0. The molecule has 0 aromatic heterocycles. The molecular weight excluding hydrogens is 436 g/mol. The number of nitrogens with two attached hydrogens (primary N) is 2. The number of hydrogen-bond acceptors (Lipinski definition) is 2. The molecule has 0 radical (unpaired) electrons. The van der Waals surface area contributed by atoms with Gasteiger partial charge in [-0.3, -0.25) is 0 Å². The zero-order chi connectivity index (χ0) is 24.7. The molecule has 2 heteroatoms. The summed E-state index contributed by atoms with van der Waals surface area (Å²) in [5, 5.41) is 2.62. The molecule has 0 fully saturated rings. The van der Waals surface area contributed by atoms with Crippen LogP contribution in [0.15, 0.2) is 146 Å². The van der Waals surface area contributed by atoms with Crippen molar-refractivity contribution in [1.82, 2.24) is 0 Å². The highest BCUT2D eigenvalue weighted by molar-refractivity contribution is 5.99. The summed E-state index contributed by atoms with van der Waals surface area (Å²) >= 11 is 0. The average Bonchev–Trinajstić information content (AvgIpc) is 2.95. The van der Waals surface area contributed by atoms with Crippen molar-refractivity contribution in [1.29, 1.82) is 0 Å². The molecule has 0 aliphatic rings. The summed E-state index contributed by atoms with van der Waals surface area (Å²) < 4.78 is 0. The fraction of sp³-hybridized carbons (Fsp3) is 0. The molecule has 0 aliphatic carbocycles. The average molecular weight is 465 g/mol. The number of fused-ring (bicyclic) bond motifs is 1. The van der Waals surface area contributed by atoms with Gasteiger partial charge in [0, 0.05) is 16.9 Å². The maximum Gasteiger partial charge on any atom is 0.0400 e. The van der Waals surface area contributed by atoms with Crippen LogP contribution in [0.1, 0.15) is 0 Å². The van der Waals surface area contributed by atoms with Gasteiger partial charge in [-0.25, -0.2) is 0 Å². The Bertz CT molecular complexity index is 1510. The van der Waals surface area contributed by atoms with Crippen molar-refractivity contribution in [3.05, 3.63) is 146 Å². The minimum atomic E-state index is 0.758. The van der Waals surface area contributed by atoms with Crippen LogP contribution in [0, 0.1) is 0 Å². The van der Waals surface area contributed by atoms with E-state index in [-0.39, 0.29) is 0 Å². The van der Waals surface area contributed by atoms with Crippen molar-refractivity contribution in [2.75, 3.05) is 11.5 Å². The molecule has 0 amide bonds. The molecule has 36 heavy (non-hydrogen) atoms. The van der Waals surface area contributed by atoms with E-state index in [1.807, 2.05) is 42.5 Å². The van der Waals surface area contributed by atoms with Gasteiger partial charge in [0.05, 0.1) is 0 Å². The first-order chi connectivity index (χ1) is 17.7. The lowest BCUT2D eigenvalue weighted by Crippen LogP contribution is -1.96. The number of nitrogen functional groups attached to an aromatic ring is 2. The fourth-order valence-corrected chi connectivity index (χ4v) is 4.48. The number of anilines is 2. The first-order valence-electron chi connectivity index (χ1n) is 12.0. The molecule has 4 N–H and O–H groups in total. The zero-order valence-electron chi connectivity index (χ0n) is 20.0. The fourth-order valence-electron chi connectivity index (χ4n) is 4.48. The van der Waals surface area contributed by atoms with E-state index in [4.69, 9.17) is 11.5 Å². The van der Waals surface area contributed by atoms with E-state index >= 15 is 0 Å². The molecule has 6 aromatic carbocycles. The number of rotatable bonds is 3. The Hall–Kier alpha value is -4.82. The van der Waals surface area contributed by atoms with E-state index in [0.29, 0.717) is 0 Å². The third kappa shape index (κ3) is 4.98. The topological polar surface area (TPSA) is 52.0 Å². The molecule has 6 rings (SSSR count). The van der Waals surface area contributed by atoms with Crippen LogP contribution in [0.4, 0.5) is 11.4 Å². The third-order valence-corrected chi connectivity index (χ3v) is 6.24. The zero-order valence-corrected chi connectivity index (χ0v) is 20.0. The quantitative estimate of drug-likeness (QED) is 0.257. The highest BCUT2D eigenvalue weighted by atomic mass is 14.6. The van der Waals surface area contributed by atoms with Crippen molar-refractivity contribution >= 4 is 22.1 Å². The molecule has 0 aliphatic heterocycles. The van der Waals surface area contributed by atoms with Gasteiger partial charge >= 0.3 is 0 Å². The molecule has 6 aromatic rings. The molecule has 0 heterocycles. The first-order valence-corrected chi connectivity index (χ1v) is 12.0. The summed E-state index contributed by atoms with van der Waals surface area (Å²) in [5.41, 5.74) is 20.6. The highest BCUT2D eigenvalue weighted by Crippen LogP contribution is 2.43. The normalized spacial score (nSPS) is 10.4. The monoisotopic (exact) mass is 464 g/mol. The van der Waals surface area contributed by atoms with Gasteiger partial charge < -0.3 is 11.5 Å². The van der Waals surface area contributed by atoms with Crippen molar-refractivity contribution in [3.63, 3.8) is 0 Å². The van der Waals surface area contributed by atoms with Crippen LogP contribution in [0.25, 0.3) is 44.2 Å². The van der Waals surface area contributed by atoms with E-state index < -0.39 is 0 Å². The summed E-state index contributed by atoms with van der Waals surface area (Å²) in [6, 6.07) is 49.5. The molecule has 0 atom stereocenters. The van der Waals surface area contributed by atoms with Crippen LogP contribution < -0.4 is 11.5 Å². The van der Waals surface area contributed by atoms with Crippen molar-refractivity contribution in [3.8, 4) is 33.4 Å². The molecule has 2 nitrogen and oxygen atoms in total. The van der Waals surface area contributed by atoms with Crippen LogP contribution in [-0.2, 0) is 0 Å². The van der Waals surface area contributed by atoms with Crippen molar-refractivity contribution in [2.45, 2.75) is 0 Å². The molecule has 0 unspecified atom stereocenters. The lowest BCUT2D eigenvalue weighted by molar-refractivity contribution is 1.55. The minimum Gasteiger partial charge on any atom is -0.399 e. The molecule has 0 saturated heterocycles. The summed E-state index contributed by atoms with van der Waals surface area (Å²) in [4.78, 5) is 0. The van der Waals surface area contributed by atoms with Crippen LogP contribution in [0.2, 0.25) is 0 Å².